The Bertz CT molecular complexity index is 1160. The van der Waals surface area contributed by atoms with E-state index in [1.165, 1.54) is 0 Å². The molecule has 0 aromatic heterocycles. The first-order valence-corrected chi connectivity index (χ1v) is 12.0. The molecule has 0 bridgehead atoms. The van der Waals surface area contributed by atoms with Gasteiger partial charge in [0.25, 0.3) is 0 Å². The topological polar surface area (TPSA) is 127 Å². The van der Waals surface area contributed by atoms with Crippen molar-refractivity contribution in [3.8, 4) is 0 Å². The molecule has 0 saturated carbocycles. The van der Waals surface area contributed by atoms with Crippen LogP contribution >= 0.6 is 0 Å². The zero-order valence-corrected chi connectivity index (χ0v) is 19.9. The predicted octanol–water partition coefficient (Wildman–Crippen LogP) is 3.41. The van der Waals surface area contributed by atoms with Gasteiger partial charge in [-0.1, -0.05) is 73.5 Å². The van der Waals surface area contributed by atoms with Crippen LogP contribution in [-0.4, -0.2) is 36.0 Å². The van der Waals surface area contributed by atoms with Crippen molar-refractivity contribution in [3.63, 3.8) is 0 Å². The summed E-state index contributed by atoms with van der Waals surface area (Å²) in [7, 11) is 0. The average molecular weight is 476 g/mol. The van der Waals surface area contributed by atoms with Crippen LogP contribution in [0.4, 0.5) is 5.69 Å². The Balaban J connectivity index is 1.69. The predicted molar refractivity (Wildman–Crippen MR) is 138 cm³/mol. The van der Waals surface area contributed by atoms with Gasteiger partial charge in [0.05, 0.1) is 24.6 Å². The maximum atomic E-state index is 13.2. The van der Waals surface area contributed by atoms with Crippen molar-refractivity contribution in [2.75, 3.05) is 18.1 Å². The third-order valence-corrected chi connectivity index (χ3v) is 6.18. The number of nitrogens with two attached hydrogens (primary N) is 2. The van der Waals surface area contributed by atoms with Gasteiger partial charge in [0, 0.05) is 18.4 Å². The van der Waals surface area contributed by atoms with E-state index in [1.807, 2.05) is 66.7 Å². The number of rotatable bonds is 13. The van der Waals surface area contributed by atoms with Gasteiger partial charge in [0.15, 0.2) is 0 Å². The molecule has 0 spiro atoms. The highest BCUT2D eigenvalue weighted by atomic mass is 16.3. The van der Waals surface area contributed by atoms with Crippen LogP contribution in [0.1, 0.15) is 49.1 Å². The maximum absolute atomic E-state index is 13.2. The fourth-order valence-corrected chi connectivity index (χ4v) is 4.36. The fraction of sp³-hybridized carbons (Fsp3) is 0.321. The number of nitrogens with zero attached hydrogens (tertiary/aromatic N) is 1. The third kappa shape index (κ3) is 7.13. The Kier molecular flexibility index (Phi) is 9.38. The molecular weight excluding hydrogens is 442 g/mol. The standard InChI is InChI=1S/C28H33N3O4/c29-26(33)12-3-1-2-10-24(28(30)35)22-15-13-20(14-16-22)19-27(34)31(17-18-32)25-11-6-8-21-7-4-5-9-23(21)25/h4-9,11,13-16,24,32H,1-3,10,12,17-19H2,(H2,29,33)(H2,30,35). The summed E-state index contributed by atoms with van der Waals surface area (Å²) in [6, 6.07) is 21.0. The second-order valence-electron chi connectivity index (χ2n) is 8.71. The molecule has 7 nitrogen and oxygen atoms in total. The lowest BCUT2D eigenvalue weighted by molar-refractivity contribution is -0.120. The van der Waals surface area contributed by atoms with Gasteiger partial charge in [-0.25, -0.2) is 0 Å². The number of hydrogen-bond acceptors (Lipinski definition) is 4. The molecule has 3 aromatic carbocycles. The summed E-state index contributed by atoms with van der Waals surface area (Å²) in [5.41, 5.74) is 13.2. The Morgan fingerprint density at radius 3 is 2.26 bits per heavy atom. The molecule has 0 aliphatic carbocycles. The summed E-state index contributed by atoms with van der Waals surface area (Å²) in [5, 5.41) is 11.6. The highest BCUT2D eigenvalue weighted by molar-refractivity contribution is 6.04. The number of primary amides is 2. The van der Waals surface area contributed by atoms with E-state index in [0.717, 1.165) is 40.4 Å². The van der Waals surface area contributed by atoms with Gasteiger partial charge < -0.3 is 21.5 Å². The first-order valence-electron chi connectivity index (χ1n) is 12.0. The van der Waals surface area contributed by atoms with Gasteiger partial charge in [-0.2, -0.15) is 0 Å². The molecule has 184 valence electrons. The molecule has 5 N–H and O–H groups in total. The largest absolute Gasteiger partial charge is 0.395 e. The molecule has 0 saturated heterocycles. The lowest BCUT2D eigenvalue weighted by Crippen LogP contribution is -2.35. The van der Waals surface area contributed by atoms with Crippen molar-refractivity contribution in [1.29, 1.82) is 0 Å². The summed E-state index contributed by atoms with van der Waals surface area (Å²) in [6.07, 6.45) is 3.37. The van der Waals surface area contributed by atoms with Crippen LogP contribution in [0.5, 0.6) is 0 Å². The summed E-state index contributed by atoms with van der Waals surface area (Å²) >= 11 is 0. The molecule has 1 unspecified atom stereocenters. The molecule has 3 rings (SSSR count). The Hall–Kier alpha value is -3.71. The SMILES string of the molecule is NC(=O)CCCCCC(C(N)=O)c1ccc(CC(=O)N(CCO)c2cccc3ccccc23)cc1. The van der Waals surface area contributed by atoms with Crippen LogP contribution < -0.4 is 16.4 Å². The highest BCUT2D eigenvalue weighted by Gasteiger charge is 2.20. The summed E-state index contributed by atoms with van der Waals surface area (Å²) in [6.45, 7) is 0.0536. The quantitative estimate of drug-likeness (QED) is 0.327. The van der Waals surface area contributed by atoms with Crippen molar-refractivity contribution in [2.24, 2.45) is 11.5 Å². The summed E-state index contributed by atoms with van der Waals surface area (Å²) in [5.74, 6) is -1.26. The Morgan fingerprint density at radius 1 is 0.857 bits per heavy atom. The van der Waals surface area contributed by atoms with Crippen LogP contribution in [0.3, 0.4) is 0 Å². The number of benzene rings is 3. The highest BCUT2D eigenvalue weighted by Crippen LogP contribution is 2.28. The number of carbonyl (C=O) groups is 3. The summed E-state index contributed by atoms with van der Waals surface area (Å²) < 4.78 is 0. The molecular formula is C28H33N3O4. The molecule has 0 aliphatic rings. The minimum absolute atomic E-state index is 0.121. The monoisotopic (exact) mass is 475 g/mol. The van der Waals surface area contributed by atoms with Gasteiger partial charge in [-0.3, -0.25) is 14.4 Å². The molecule has 1 atom stereocenters. The van der Waals surface area contributed by atoms with Crippen molar-refractivity contribution in [3.05, 3.63) is 77.9 Å². The van der Waals surface area contributed by atoms with E-state index in [2.05, 4.69) is 0 Å². The van der Waals surface area contributed by atoms with Gasteiger partial charge in [-0.05, 0) is 35.4 Å². The summed E-state index contributed by atoms with van der Waals surface area (Å²) in [4.78, 5) is 37.7. The van der Waals surface area contributed by atoms with E-state index < -0.39 is 11.8 Å². The van der Waals surface area contributed by atoms with E-state index >= 15 is 0 Å². The molecule has 0 aliphatic heterocycles. The first-order chi connectivity index (χ1) is 16.9. The number of fused-ring (bicyclic) bond motifs is 1. The van der Waals surface area contributed by atoms with Gasteiger partial charge in [-0.15, -0.1) is 0 Å². The smallest absolute Gasteiger partial charge is 0.231 e. The van der Waals surface area contributed by atoms with E-state index in [0.29, 0.717) is 19.3 Å². The third-order valence-electron chi connectivity index (χ3n) is 6.18. The zero-order valence-electron chi connectivity index (χ0n) is 19.9. The van der Waals surface area contributed by atoms with E-state index in [-0.39, 0.29) is 31.4 Å². The second kappa shape index (κ2) is 12.7. The number of aliphatic hydroxyl groups is 1. The molecule has 0 fully saturated rings. The number of hydrogen-bond donors (Lipinski definition) is 3. The van der Waals surface area contributed by atoms with Crippen molar-refractivity contribution < 1.29 is 19.5 Å². The van der Waals surface area contributed by atoms with E-state index in [4.69, 9.17) is 11.5 Å². The van der Waals surface area contributed by atoms with Crippen molar-refractivity contribution in [2.45, 2.75) is 44.4 Å². The zero-order chi connectivity index (χ0) is 25.2. The van der Waals surface area contributed by atoms with Crippen molar-refractivity contribution in [1.82, 2.24) is 0 Å². The average Bonchev–Trinajstić information content (AvgIpc) is 2.84. The Morgan fingerprint density at radius 2 is 1.57 bits per heavy atom. The van der Waals surface area contributed by atoms with Crippen LogP contribution in [0.25, 0.3) is 10.8 Å². The van der Waals surface area contributed by atoms with Gasteiger partial charge in [0.2, 0.25) is 17.7 Å². The minimum Gasteiger partial charge on any atom is -0.395 e. The second-order valence-corrected chi connectivity index (χ2v) is 8.71. The van der Waals surface area contributed by atoms with Crippen LogP contribution in [0.15, 0.2) is 66.7 Å². The molecule has 3 aromatic rings. The lowest BCUT2D eigenvalue weighted by atomic mass is 9.91. The number of carbonyl (C=O) groups excluding carboxylic acids is 3. The molecule has 0 heterocycles. The number of aliphatic hydroxyl groups excluding tert-OH is 1. The fourth-order valence-electron chi connectivity index (χ4n) is 4.36. The van der Waals surface area contributed by atoms with Crippen LogP contribution in [-0.2, 0) is 20.8 Å². The number of unbranched alkanes of at least 4 members (excludes halogenated alkanes) is 2. The Labute approximate surface area is 205 Å². The van der Waals surface area contributed by atoms with Crippen LogP contribution in [0, 0.1) is 0 Å². The number of anilines is 1. The maximum Gasteiger partial charge on any atom is 0.231 e. The van der Waals surface area contributed by atoms with Crippen molar-refractivity contribution >= 4 is 34.2 Å². The van der Waals surface area contributed by atoms with E-state index in [1.54, 1.807) is 4.90 Å². The normalized spacial score (nSPS) is 11.8. The minimum atomic E-state index is -0.421. The van der Waals surface area contributed by atoms with Crippen LogP contribution in [0.2, 0.25) is 0 Å². The first kappa shape index (κ1) is 25.9. The molecule has 0 radical (unpaired) electrons. The molecule has 7 heteroatoms. The van der Waals surface area contributed by atoms with E-state index in [9.17, 15) is 19.5 Å². The number of amides is 3. The molecule has 35 heavy (non-hydrogen) atoms. The molecule has 3 amide bonds. The van der Waals surface area contributed by atoms with Gasteiger partial charge in [0.1, 0.15) is 0 Å². The lowest BCUT2D eigenvalue weighted by Gasteiger charge is -2.24. The van der Waals surface area contributed by atoms with Gasteiger partial charge >= 0.3 is 0 Å².